The Labute approximate surface area is 262 Å². The van der Waals surface area contributed by atoms with E-state index in [1.807, 2.05) is 27.7 Å². The van der Waals surface area contributed by atoms with E-state index in [0.717, 1.165) is 0 Å². The Balaban J connectivity index is 0.000000762. The van der Waals surface area contributed by atoms with Crippen LogP contribution in [-0.4, -0.2) is 63.3 Å². The maximum absolute atomic E-state index is 9.90. The number of rotatable bonds is 16. The van der Waals surface area contributed by atoms with Crippen LogP contribution < -0.4 is 19.9 Å². The van der Waals surface area contributed by atoms with Crippen LogP contribution in [-0.2, 0) is 58.8 Å². The van der Waals surface area contributed by atoms with Crippen molar-refractivity contribution in [3.05, 3.63) is 47.5 Å². The van der Waals surface area contributed by atoms with Crippen molar-refractivity contribution in [2.24, 2.45) is 10.2 Å². The molecule has 1 radical (unpaired) electrons. The van der Waals surface area contributed by atoms with E-state index >= 15 is 0 Å². The minimum Gasteiger partial charge on any atom is -0.504 e. The molecule has 0 saturated heterocycles. The van der Waals surface area contributed by atoms with Crippen molar-refractivity contribution in [1.29, 1.82) is 0 Å². The third kappa shape index (κ3) is 13.8. The average molecular weight is 700 g/mol. The molecule has 0 aliphatic heterocycles. The van der Waals surface area contributed by atoms with E-state index in [-0.39, 0.29) is 28.6 Å². The summed E-state index contributed by atoms with van der Waals surface area (Å²) in [6.45, 7) is 3.83. The van der Waals surface area contributed by atoms with E-state index in [1.54, 1.807) is 36.4 Å². The standard InChI is InChI=1S/2C12H19N2O4PS.Cu/c2*1-4-17-19(20,18-5-2)14-13-9-10-7-6-8-11(16-3)12(10)15;/h2*6-9,15H,4-5H2,1-3H3,(H,14,20);/b2*13-9+;. The molecule has 4 N–H and O–H groups in total. The van der Waals surface area contributed by atoms with Gasteiger partial charge < -0.3 is 37.8 Å². The number of para-hydroxylation sites is 2. The number of phenols is 2. The van der Waals surface area contributed by atoms with Gasteiger partial charge in [-0.25, -0.2) is 10.4 Å². The Bertz CT molecular complexity index is 1100. The second-order valence-electron chi connectivity index (χ2n) is 7.18. The number of aromatic hydroxyl groups is 2. The van der Waals surface area contributed by atoms with Crippen molar-refractivity contribution in [3.63, 3.8) is 0 Å². The maximum atomic E-state index is 9.90. The molecule has 235 valence electrons. The van der Waals surface area contributed by atoms with E-state index in [9.17, 15) is 10.2 Å². The van der Waals surface area contributed by atoms with Crippen molar-refractivity contribution in [2.75, 3.05) is 40.6 Å². The van der Waals surface area contributed by atoms with Crippen LogP contribution in [0.15, 0.2) is 46.6 Å². The monoisotopic (exact) mass is 699 g/mol. The summed E-state index contributed by atoms with van der Waals surface area (Å²) in [7, 11) is 2.97. The third-order valence-corrected chi connectivity index (χ3v) is 9.33. The number of ether oxygens (including phenoxy) is 2. The molecule has 0 heterocycles. The van der Waals surface area contributed by atoms with Gasteiger partial charge in [0, 0.05) is 28.2 Å². The zero-order valence-electron chi connectivity index (χ0n) is 23.7. The SMILES string of the molecule is CCOP(=S)(N/N=C/c1cccc(OC)c1O)OCC.CCOP(=S)(N/N=C/c1cccc(OC)c1O)OCC.[Cu]. The summed E-state index contributed by atoms with van der Waals surface area (Å²) in [5.74, 6) is 0.786. The van der Waals surface area contributed by atoms with Gasteiger partial charge in [-0.1, -0.05) is 12.1 Å². The van der Waals surface area contributed by atoms with E-state index in [2.05, 4.69) is 20.6 Å². The first-order valence-corrected chi connectivity index (χ1v) is 17.5. The Morgan fingerprint density at radius 2 is 1.00 bits per heavy atom. The third-order valence-electron chi connectivity index (χ3n) is 4.46. The Kier molecular flexibility index (Phi) is 20.1. The molecule has 12 nitrogen and oxygen atoms in total. The molecule has 41 heavy (non-hydrogen) atoms. The molecule has 2 aromatic rings. The second-order valence-corrected chi connectivity index (χ2v) is 13.5. The van der Waals surface area contributed by atoms with Crippen LogP contribution in [0.4, 0.5) is 0 Å². The topological polar surface area (TPSA) is 145 Å². The molecule has 0 aromatic heterocycles. The van der Waals surface area contributed by atoms with E-state index in [0.29, 0.717) is 49.1 Å². The van der Waals surface area contributed by atoms with Gasteiger partial charge in [-0.15, -0.1) is 0 Å². The van der Waals surface area contributed by atoms with Crippen molar-refractivity contribution >= 4 is 49.3 Å². The molecule has 0 saturated carbocycles. The van der Waals surface area contributed by atoms with Crippen LogP contribution in [0.5, 0.6) is 23.0 Å². The van der Waals surface area contributed by atoms with Gasteiger partial charge in [0.1, 0.15) is 0 Å². The van der Waals surface area contributed by atoms with E-state index in [1.165, 1.54) is 26.6 Å². The van der Waals surface area contributed by atoms with Crippen molar-refractivity contribution in [3.8, 4) is 23.0 Å². The summed E-state index contributed by atoms with van der Waals surface area (Å²) in [4.78, 5) is 0. The number of hydrogen-bond acceptors (Lipinski definition) is 12. The van der Waals surface area contributed by atoms with Crippen LogP contribution in [0.3, 0.4) is 0 Å². The predicted octanol–water partition coefficient (Wildman–Crippen LogP) is 5.24. The fourth-order valence-corrected chi connectivity index (χ4v) is 6.51. The first kappa shape index (κ1) is 39.2. The maximum Gasteiger partial charge on any atom is 0.303 e. The summed E-state index contributed by atoms with van der Waals surface area (Å²) in [6, 6.07) is 10.2. The van der Waals surface area contributed by atoms with E-state index < -0.39 is 13.3 Å². The zero-order chi connectivity index (χ0) is 30.0. The molecular weight excluding hydrogens is 662 g/mol. The number of phenolic OH excluding ortho intramolecular Hbond substituents is 2. The van der Waals surface area contributed by atoms with Crippen LogP contribution in [0.2, 0.25) is 0 Å². The van der Waals surface area contributed by atoms with Crippen LogP contribution >= 0.6 is 13.3 Å². The summed E-state index contributed by atoms with van der Waals surface area (Å²) in [5, 5.41) is 33.2. The van der Waals surface area contributed by atoms with E-state index in [4.69, 9.17) is 51.2 Å². The summed E-state index contributed by atoms with van der Waals surface area (Å²) in [6.07, 6.45) is 2.88. The first-order chi connectivity index (χ1) is 19.1. The molecule has 0 aliphatic carbocycles. The van der Waals surface area contributed by atoms with Crippen LogP contribution in [0.1, 0.15) is 38.8 Å². The average Bonchev–Trinajstić information content (AvgIpc) is 2.91. The number of nitrogens with zero attached hydrogens (tertiary/aromatic N) is 2. The molecule has 17 heteroatoms. The summed E-state index contributed by atoms with van der Waals surface area (Å²) < 4.78 is 31.5. The number of methoxy groups -OCH3 is 2. The molecule has 2 aromatic carbocycles. The molecule has 2 rings (SSSR count). The van der Waals surface area contributed by atoms with Crippen LogP contribution in [0.25, 0.3) is 0 Å². The van der Waals surface area contributed by atoms with Crippen LogP contribution in [0, 0.1) is 0 Å². The van der Waals surface area contributed by atoms with Gasteiger partial charge in [0.05, 0.1) is 53.1 Å². The fraction of sp³-hybridized carbons (Fsp3) is 0.417. The quantitative estimate of drug-likeness (QED) is 0.0787. The van der Waals surface area contributed by atoms with Gasteiger partial charge in [-0.2, -0.15) is 10.2 Å². The Hall–Kier alpha value is -1.76. The molecule has 0 bridgehead atoms. The molecule has 0 fully saturated rings. The molecule has 0 spiro atoms. The summed E-state index contributed by atoms with van der Waals surface area (Å²) in [5.41, 5.74) is 1.01. The largest absolute Gasteiger partial charge is 0.504 e. The number of hydrogen-bond donors (Lipinski definition) is 4. The predicted molar refractivity (Wildman–Crippen MR) is 166 cm³/mol. The Morgan fingerprint density at radius 3 is 1.27 bits per heavy atom. The molecular formula is C24H38CuN4O8P2S2. The minimum atomic E-state index is -2.62. The Morgan fingerprint density at radius 1 is 0.683 bits per heavy atom. The minimum absolute atomic E-state index is 0. The smallest absolute Gasteiger partial charge is 0.303 e. The zero-order valence-corrected chi connectivity index (χ0v) is 28.1. The van der Waals surface area contributed by atoms with Gasteiger partial charge in [-0.3, -0.25) is 0 Å². The summed E-state index contributed by atoms with van der Waals surface area (Å²) >= 11 is 10.5. The van der Waals surface area contributed by atoms with Crippen molar-refractivity contribution in [2.45, 2.75) is 27.7 Å². The fourth-order valence-electron chi connectivity index (χ4n) is 2.82. The van der Waals surface area contributed by atoms with Gasteiger partial charge in [0.25, 0.3) is 0 Å². The number of benzene rings is 2. The van der Waals surface area contributed by atoms with Gasteiger partial charge in [0.15, 0.2) is 23.0 Å². The molecule has 0 aliphatic rings. The first-order valence-electron chi connectivity index (χ1n) is 12.2. The number of hydrazone groups is 2. The molecule has 0 atom stereocenters. The van der Waals surface area contributed by atoms with Crippen molar-refractivity contribution < 1.29 is 54.9 Å². The van der Waals surface area contributed by atoms with Gasteiger partial charge in [0.2, 0.25) is 0 Å². The molecule has 0 amide bonds. The normalized spacial score (nSPS) is 11.5. The van der Waals surface area contributed by atoms with Crippen molar-refractivity contribution in [1.82, 2.24) is 10.4 Å². The second kappa shape index (κ2) is 21.0. The number of nitrogens with one attached hydrogen (secondary N) is 2. The van der Waals surface area contributed by atoms with Gasteiger partial charge >= 0.3 is 13.3 Å². The molecule has 0 unspecified atom stereocenters. The van der Waals surface area contributed by atoms with Gasteiger partial charge in [-0.05, 0) is 75.6 Å².